The molecule has 2 aromatic rings. The third kappa shape index (κ3) is 3.51. The highest BCUT2D eigenvalue weighted by atomic mass is 19.1. The SMILES string of the molecule is COC(=O)c1cc(F)ccc1NC(C)c1ccc(O)cc1. The molecule has 1 atom stereocenters. The molecule has 1 unspecified atom stereocenters. The summed E-state index contributed by atoms with van der Waals surface area (Å²) in [6.07, 6.45) is 0. The van der Waals surface area contributed by atoms with Crippen molar-refractivity contribution in [3.63, 3.8) is 0 Å². The number of carbonyl (C=O) groups excluding carboxylic acids is 1. The van der Waals surface area contributed by atoms with E-state index in [0.717, 1.165) is 11.6 Å². The lowest BCUT2D eigenvalue weighted by molar-refractivity contribution is 0.0601. The lowest BCUT2D eigenvalue weighted by Crippen LogP contribution is -2.12. The monoisotopic (exact) mass is 289 g/mol. The predicted octanol–water partition coefficient (Wildman–Crippen LogP) is 3.49. The maximum atomic E-state index is 13.3. The molecule has 2 aromatic carbocycles. The minimum absolute atomic E-state index is 0.125. The molecule has 0 saturated heterocycles. The van der Waals surface area contributed by atoms with Gasteiger partial charge in [0.15, 0.2) is 0 Å². The number of anilines is 1. The van der Waals surface area contributed by atoms with Crippen molar-refractivity contribution >= 4 is 11.7 Å². The molecule has 0 aliphatic carbocycles. The number of halogens is 1. The van der Waals surface area contributed by atoms with Crippen LogP contribution < -0.4 is 5.32 Å². The largest absolute Gasteiger partial charge is 0.508 e. The molecule has 0 saturated carbocycles. The van der Waals surface area contributed by atoms with Gasteiger partial charge in [0.05, 0.1) is 12.7 Å². The van der Waals surface area contributed by atoms with Gasteiger partial charge in [-0.05, 0) is 42.8 Å². The molecule has 0 spiro atoms. The quantitative estimate of drug-likeness (QED) is 0.846. The van der Waals surface area contributed by atoms with Gasteiger partial charge in [0.1, 0.15) is 11.6 Å². The first-order valence-corrected chi connectivity index (χ1v) is 6.44. The Morgan fingerprint density at radius 2 is 1.90 bits per heavy atom. The third-order valence-electron chi connectivity index (χ3n) is 3.15. The number of methoxy groups -OCH3 is 1. The second-order valence-corrected chi connectivity index (χ2v) is 4.64. The number of hydrogen-bond acceptors (Lipinski definition) is 4. The van der Waals surface area contributed by atoms with E-state index in [2.05, 4.69) is 10.1 Å². The summed E-state index contributed by atoms with van der Waals surface area (Å²) in [7, 11) is 1.25. The Labute approximate surface area is 122 Å². The molecule has 0 amide bonds. The summed E-state index contributed by atoms with van der Waals surface area (Å²) < 4.78 is 17.9. The molecule has 0 fully saturated rings. The van der Waals surface area contributed by atoms with Crippen molar-refractivity contribution in [1.29, 1.82) is 0 Å². The second kappa shape index (κ2) is 6.26. The number of esters is 1. The molecule has 0 heterocycles. The van der Waals surface area contributed by atoms with Crippen LogP contribution in [0.5, 0.6) is 5.75 Å². The number of hydrogen-bond donors (Lipinski definition) is 2. The van der Waals surface area contributed by atoms with Crippen LogP contribution in [0.2, 0.25) is 0 Å². The van der Waals surface area contributed by atoms with E-state index in [9.17, 15) is 14.3 Å². The average molecular weight is 289 g/mol. The Morgan fingerprint density at radius 3 is 2.52 bits per heavy atom. The first-order valence-electron chi connectivity index (χ1n) is 6.44. The van der Waals surface area contributed by atoms with E-state index in [0.29, 0.717) is 5.69 Å². The zero-order valence-corrected chi connectivity index (χ0v) is 11.8. The highest BCUT2D eigenvalue weighted by Gasteiger charge is 2.15. The summed E-state index contributed by atoms with van der Waals surface area (Å²) in [5, 5.41) is 12.4. The van der Waals surface area contributed by atoms with Crippen LogP contribution in [0.15, 0.2) is 42.5 Å². The number of phenols is 1. The number of ether oxygens (including phenoxy) is 1. The molecule has 0 bridgehead atoms. The molecule has 4 nitrogen and oxygen atoms in total. The molecule has 0 aliphatic heterocycles. The Morgan fingerprint density at radius 1 is 1.24 bits per heavy atom. The van der Waals surface area contributed by atoms with Gasteiger partial charge >= 0.3 is 5.97 Å². The van der Waals surface area contributed by atoms with E-state index in [-0.39, 0.29) is 17.4 Å². The molecule has 2 rings (SSSR count). The van der Waals surface area contributed by atoms with Gasteiger partial charge in [-0.1, -0.05) is 12.1 Å². The van der Waals surface area contributed by atoms with Crippen molar-refractivity contribution in [2.45, 2.75) is 13.0 Å². The number of rotatable bonds is 4. The van der Waals surface area contributed by atoms with Gasteiger partial charge in [0.25, 0.3) is 0 Å². The summed E-state index contributed by atoms with van der Waals surface area (Å²) in [6.45, 7) is 1.90. The van der Waals surface area contributed by atoms with Crippen LogP contribution in [0.1, 0.15) is 28.9 Å². The highest BCUT2D eigenvalue weighted by molar-refractivity contribution is 5.95. The number of phenolic OH excluding ortho intramolecular Hbond substituents is 1. The van der Waals surface area contributed by atoms with Crippen molar-refractivity contribution in [2.75, 3.05) is 12.4 Å². The van der Waals surface area contributed by atoms with Crippen molar-refractivity contribution in [1.82, 2.24) is 0 Å². The van der Waals surface area contributed by atoms with Crippen LogP contribution >= 0.6 is 0 Å². The smallest absolute Gasteiger partial charge is 0.340 e. The van der Waals surface area contributed by atoms with Gasteiger partial charge in [-0.2, -0.15) is 0 Å². The Bertz CT molecular complexity index is 640. The standard InChI is InChI=1S/C16H16FNO3/c1-10(11-3-6-13(19)7-4-11)18-15-8-5-12(17)9-14(15)16(20)21-2/h3-10,18-19H,1-2H3. The predicted molar refractivity (Wildman–Crippen MR) is 77.9 cm³/mol. The van der Waals surface area contributed by atoms with E-state index in [1.807, 2.05) is 6.92 Å². The fraction of sp³-hybridized carbons (Fsp3) is 0.188. The van der Waals surface area contributed by atoms with Crippen LogP contribution in [-0.2, 0) is 4.74 Å². The van der Waals surface area contributed by atoms with E-state index in [4.69, 9.17) is 0 Å². The molecule has 110 valence electrons. The number of aromatic hydroxyl groups is 1. The first-order chi connectivity index (χ1) is 10.0. The Kier molecular flexibility index (Phi) is 4.42. The van der Waals surface area contributed by atoms with Crippen molar-refractivity contribution in [2.24, 2.45) is 0 Å². The maximum Gasteiger partial charge on any atom is 0.340 e. The highest BCUT2D eigenvalue weighted by Crippen LogP contribution is 2.25. The van der Waals surface area contributed by atoms with Crippen molar-refractivity contribution < 1.29 is 19.0 Å². The van der Waals surface area contributed by atoms with Gasteiger partial charge in [-0.3, -0.25) is 0 Å². The fourth-order valence-electron chi connectivity index (χ4n) is 2.00. The van der Waals surface area contributed by atoms with Gasteiger partial charge in [-0.25, -0.2) is 9.18 Å². The maximum absolute atomic E-state index is 13.3. The normalized spacial score (nSPS) is 11.8. The van der Waals surface area contributed by atoms with Gasteiger partial charge in [-0.15, -0.1) is 0 Å². The van der Waals surface area contributed by atoms with Gasteiger partial charge in [0.2, 0.25) is 0 Å². The lowest BCUT2D eigenvalue weighted by atomic mass is 10.1. The zero-order valence-electron chi connectivity index (χ0n) is 11.8. The second-order valence-electron chi connectivity index (χ2n) is 4.64. The lowest BCUT2D eigenvalue weighted by Gasteiger charge is -2.18. The molecular formula is C16H16FNO3. The van der Waals surface area contributed by atoms with Crippen molar-refractivity contribution in [3.05, 3.63) is 59.4 Å². The third-order valence-corrected chi connectivity index (χ3v) is 3.15. The molecule has 21 heavy (non-hydrogen) atoms. The molecular weight excluding hydrogens is 273 g/mol. The number of benzene rings is 2. The van der Waals surface area contributed by atoms with Crippen molar-refractivity contribution in [3.8, 4) is 5.75 Å². The molecule has 2 N–H and O–H groups in total. The summed E-state index contributed by atoms with van der Waals surface area (Å²) >= 11 is 0. The van der Waals surface area contributed by atoms with E-state index in [1.165, 1.54) is 19.2 Å². The van der Waals surface area contributed by atoms with Crippen LogP contribution in [0.4, 0.5) is 10.1 Å². The Hall–Kier alpha value is -2.56. The van der Waals surface area contributed by atoms with E-state index < -0.39 is 11.8 Å². The van der Waals surface area contributed by atoms with Gasteiger partial charge in [0, 0.05) is 11.7 Å². The Balaban J connectivity index is 2.26. The molecule has 0 aromatic heterocycles. The first kappa shape index (κ1) is 14.8. The summed E-state index contributed by atoms with van der Waals surface area (Å²) in [6, 6.07) is 10.5. The zero-order chi connectivity index (χ0) is 15.4. The van der Waals surface area contributed by atoms with E-state index in [1.54, 1.807) is 24.3 Å². The van der Waals surface area contributed by atoms with E-state index >= 15 is 0 Å². The number of carbonyl (C=O) groups is 1. The van der Waals surface area contributed by atoms with Crippen LogP contribution in [0.3, 0.4) is 0 Å². The summed E-state index contributed by atoms with van der Waals surface area (Å²) in [5.41, 5.74) is 1.56. The minimum Gasteiger partial charge on any atom is -0.508 e. The van der Waals surface area contributed by atoms with Crippen LogP contribution in [0, 0.1) is 5.82 Å². The number of nitrogens with one attached hydrogen (secondary N) is 1. The fourth-order valence-corrected chi connectivity index (χ4v) is 2.00. The minimum atomic E-state index is -0.602. The molecule has 0 aliphatic rings. The van der Waals surface area contributed by atoms with Crippen LogP contribution in [-0.4, -0.2) is 18.2 Å². The summed E-state index contributed by atoms with van der Waals surface area (Å²) in [5.74, 6) is -0.920. The molecule has 0 radical (unpaired) electrons. The van der Waals surface area contributed by atoms with Gasteiger partial charge < -0.3 is 15.2 Å². The topological polar surface area (TPSA) is 58.6 Å². The average Bonchev–Trinajstić information content (AvgIpc) is 2.48. The molecule has 5 heteroatoms. The summed E-state index contributed by atoms with van der Waals surface area (Å²) in [4.78, 5) is 11.7. The van der Waals surface area contributed by atoms with Crippen LogP contribution in [0.25, 0.3) is 0 Å².